The van der Waals surface area contributed by atoms with E-state index in [1.807, 2.05) is 6.92 Å². The summed E-state index contributed by atoms with van der Waals surface area (Å²) in [4.78, 5) is 16.2. The Morgan fingerprint density at radius 1 is 1.45 bits per heavy atom. The summed E-state index contributed by atoms with van der Waals surface area (Å²) in [5.41, 5.74) is 0. The van der Waals surface area contributed by atoms with Crippen molar-refractivity contribution in [2.45, 2.75) is 44.2 Å². The Morgan fingerprint density at radius 3 is 3.00 bits per heavy atom. The normalized spacial score (nSPS) is 31.4. The number of carbonyl (C=O) groups is 1. The van der Waals surface area contributed by atoms with Crippen LogP contribution in [0.4, 0.5) is 0 Å². The minimum Gasteiger partial charge on any atom is -0.469 e. The quantitative estimate of drug-likeness (QED) is 0.596. The first-order valence-corrected chi connectivity index (χ1v) is 9.09. The highest BCUT2D eigenvalue weighted by Gasteiger charge is 2.50. The molecule has 4 nitrogen and oxygen atoms in total. The Labute approximate surface area is 136 Å². The summed E-state index contributed by atoms with van der Waals surface area (Å²) in [5, 5.41) is 2.11. The third-order valence-electron chi connectivity index (χ3n) is 5.14. The van der Waals surface area contributed by atoms with E-state index in [9.17, 15) is 4.79 Å². The molecular formula is C17H25NO3S. The van der Waals surface area contributed by atoms with Crippen LogP contribution in [-0.4, -0.2) is 49.8 Å². The third kappa shape index (κ3) is 2.94. The van der Waals surface area contributed by atoms with Gasteiger partial charge < -0.3 is 9.47 Å². The van der Waals surface area contributed by atoms with Gasteiger partial charge in [0.15, 0.2) is 0 Å². The molecule has 2 saturated heterocycles. The minimum absolute atomic E-state index is 0.00416. The SMILES string of the molecule is CCOCCN1[C@@H]2CC[C@@H]1[C@@H](c1cccs1)[C@@H](C(=O)OC)C2. The number of fused-ring (bicyclic) bond motifs is 2. The molecule has 2 aliphatic rings. The highest BCUT2D eigenvalue weighted by atomic mass is 32.1. The second-order valence-corrected chi connectivity index (χ2v) is 7.12. The van der Waals surface area contributed by atoms with E-state index in [1.165, 1.54) is 24.8 Å². The molecule has 3 rings (SSSR count). The molecule has 2 aliphatic heterocycles. The fourth-order valence-electron chi connectivity index (χ4n) is 4.24. The van der Waals surface area contributed by atoms with E-state index in [4.69, 9.17) is 9.47 Å². The van der Waals surface area contributed by atoms with Crippen LogP contribution in [0.2, 0.25) is 0 Å². The number of esters is 1. The first-order valence-electron chi connectivity index (χ1n) is 8.21. The summed E-state index contributed by atoms with van der Waals surface area (Å²) in [5.74, 6) is 0.233. The van der Waals surface area contributed by atoms with E-state index < -0.39 is 0 Å². The summed E-state index contributed by atoms with van der Waals surface area (Å²) in [6.07, 6.45) is 3.27. The Hall–Kier alpha value is -0.910. The lowest BCUT2D eigenvalue weighted by Crippen LogP contribution is -2.50. The van der Waals surface area contributed by atoms with Gasteiger partial charge in [-0.25, -0.2) is 0 Å². The van der Waals surface area contributed by atoms with E-state index in [2.05, 4.69) is 22.4 Å². The van der Waals surface area contributed by atoms with Gasteiger partial charge in [0.1, 0.15) is 0 Å². The molecule has 0 spiro atoms. The van der Waals surface area contributed by atoms with Crippen molar-refractivity contribution in [1.29, 1.82) is 0 Å². The topological polar surface area (TPSA) is 38.8 Å². The fourth-order valence-corrected chi connectivity index (χ4v) is 5.19. The van der Waals surface area contributed by atoms with Crippen molar-refractivity contribution >= 4 is 17.3 Å². The van der Waals surface area contributed by atoms with Gasteiger partial charge in [0, 0.05) is 36.0 Å². The molecule has 2 bridgehead atoms. The van der Waals surface area contributed by atoms with Crippen molar-refractivity contribution in [1.82, 2.24) is 4.90 Å². The molecule has 0 unspecified atom stereocenters. The molecule has 0 saturated carbocycles. The average Bonchev–Trinajstić information content (AvgIpc) is 3.15. The predicted octanol–water partition coefficient (Wildman–Crippen LogP) is 2.89. The summed E-state index contributed by atoms with van der Waals surface area (Å²) >= 11 is 1.76. The maximum atomic E-state index is 12.3. The fraction of sp³-hybridized carbons (Fsp3) is 0.706. The standard InChI is InChI=1S/C17H25NO3S/c1-3-21-9-8-18-12-6-7-14(18)16(15-5-4-10-22-15)13(11-12)17(19)20-2/h4-5,10,12-14,16H,3,6-9,11H2,1-2H3/t12-,13+,14-,16+/m1/s1. The van der Waals surface area contributed by atoms with Crippen LogP contribution in [0.3, 0.4) is 0 Å². The van der Waals surface area contributed by atoms with Crippen LogP contribution in [0.25, 0.3) is 0 Å². The van der Waals surface area contributed by atoms with Gasteiger partial charge in [0.25, 0.3) is 0 Å². The largest absolute Gasteiger partial charge is 0.469 e. The van der Waals surface area contributed by atoms with Crippen molar-refractivity contribution in [2.75, 3.05) is 26.9 Å². The van der Waals surface area contributed by atoms with E-state index in [0.29, 0.717) is 12.1 Å². The van der Waals surface area contributed by atoms with Crippen molar-refractivity contribution in [3.63, 3.8) is 0 Å². The molecule has 5 heteroatoms. The zero-order valence-electron chi connectivity index (χ0n) is 13.4. The van der Waals surface area contributed by atoms with Crippen LogP contribution in [0.1, 0.15) is 37.0 Å². The van der Waals surface area contributed by atoms with Gasteiger partial charge in [-0.15, -0.1) is 11.3 Å². The smallest absolute Gasteiger partial charge is 0.309 e. The Balaban J connectivity index is 1.82. The number of methoxy groups -OCH3 is 1. The number of thiophene rings is 1. The van der Waals surface area contributed by atoms with Crippen LogP contribution >= 0.6 is 11.3 Å². The number of piperidine rings is 1. The van der Waals surface area contributed by atoms with Gasteiger partial charge in [-0.3, -0.25) is 9.69 Å². The molecule has 0 N–H and O–H groups in total. The zero-order chi connectivity index (χ0) is 15.5. The van der Waals surface area contributed by atoms with Crippen molar-refractivity contribution in [3.05, 3.63) is 22.4 Å². The Kier molecular flexibility index (Phi) is 5.16. The Morgan fingerprint density at radius 2 is 2.32 bits per heavy atom. The predicted molar refractivity (Wildman–Crippen MR) is 87.2 cm³/mol. The van der Waals surface area contributed by atoms with Gasteiger partial charge in [-0.1, -0.05) is 6.07 Å². The van der Waals surface area contributed by atoms with Gasteiger partial charge in [-0.05, 0) is 37.6 Å². The lowest BCUT2D eigenvalue weighted by molar-refractivity contribution is -0.149. The molecule has 122 valence electrons. The van der Waals surface area contributed by atoms with Crippen LogP contribution in [0, 0.1) is 5.92 Å². The highest BCUT2D eigenvalue weighted by Crippen LogP contribution is 2.48. The van der Waals surface area contributed by atoms with Crippen LogP contribution < -0.4 is 0 Å². The third-order valence-corrected chi connectivity index (χ3v) is 6.11. The summed E-state index contributed by atoms with van der Waals surface area (Å²) < 4.78 is 10.7. The molecule has 22 heavy (non-hydrogen) atoms. The maximum absolute atomic E-state index is 12.3. The van der Waals surface area contributed by atoms with E-state index in [0.717, 1.165) is 26.2 Å². The minimum atomic E-state index is -0.0419. The van der Waals surface area contributed by atoms with Crippen molar-refractivity contribution in [2.24, 2.45) is 5.92 Å². The second-order valence-electron chi connectivity index (χ2n) is 6.14. The van der Waals surface area contributed by atoms with Crippen molar-refractivity contribution < 1.29 is 14.3 Å². The highest BCUT2D eigenvalue weighted by molar-refractivity contribution is 7.10. The number of hydrogen-bond donors (Lipinski definition) is 0. The molecule has 2 fully saturated rings. The maximum Gasteiger partial charge on any atom is 0.309 e. The molecule has 0 aromatic carbocycles. The van der Waals surface area contributed by atoms with Gasteiger partial charge in [-0.2, -0.15) is 0 Å². The number of hydrogen-bond acceptors (Lipinski definition) is 5. The summed E-state index contributed by atoms with van der Waals surface area (Å²) in [7, 11) is 1.51. The molecular weight excluding hydrogens is 298 g/mol. The van der Waals surface area contributed by atoms with Crippen LogP contribution in [0.5, 0.6) is 0 Å². The molecule has 1 aromatic rings. The van der Waals surface area contributed by atoms with E-state index >= 15 is 0 Å². The van der Waals surface area contributed by atoms with Gasteiger partial charge in [0.05, 0.1) is 19.6 Å². The summed E-state index contributed by atoms with van der Waals surface area (Å²) in [6.45, 7) is 4.55. The lowest BCUT2D eigenvalue weighted by atomic mass is 9.79. The monoisotopic (exact) mass is 323 g/mol. The lowest BCUT2D eigenvalue weighted by Gasteiger charge is -2.43. The van der Waals surface area contributed by atoms with Gasteiger partial charge in [0.2, 0.25) is 0 Å². The summed E-state index contributed by atoms with van der Waals surface area (Å²) in [6, 6.07) is 5.21. The first kappa shape index (κ1) is 16.0. The molecule has 0 aliphatic carbocycles. The van der Waals surface area contributed by atoms with Crippen LogP contribution in [-0.2, 0) is 14.3 Å². The van der Waals surface area contributed by atoms with E-state index in [1.54, 1.807) is 11.3 Å². The number of nitrogens with zero attached hydrogens (tertiary/aromatic N) is 1. The molecule has 3 heterocycles. The first-order chi connectivity index (χ1) is 10.8. The number of ether oxygens (including phenoxy) is 2. The molecule has 4 atom stereocenters. The Bertz CT molecular complexity index is 490. The molecule has 1 aromatic heterocycles. The second kappa shape index (κ2) is 7.11. The van der Waals surface area contributed by atoms with Gasteiger partial charge >= 0.3 is 5.97 Å². The molecule has 0 radical (unpaired) electrons. The number of rotatable bonds is 6. The molecule has 0 amide bonds. The number of carbonyl (C=O) groups excluding carboxylic acids is 1. The zero-order valence-corrected chi connectivity index (χ0v) is 14.2. The van der Waals surface area contributed by atoms with Crippen LogP contribution in [0.15, 0.2) is 17.5 Å². The van der Waals surface area contributed by atoms with E-state index in [-0.39, 0.29) is 17.8 Å². The average molecular weight is 323 g/mol. The van der Waals surface area contributed by atoms with Crippen molar-refractivity contribution in [3.8, 4) is 0 Å².